The summed E-state index contributed by atoms with van der Waals surface area (Å²) in [6.45, 7) is 1.71. The third kappa shape index (κ3) is 3.69. The lowest BCUT2D eigenvalue weighted by Crippen LogP contribution is -2.45. The highest BCUT2D eigenvalue weighted by atomic mass is 35.5. The molecule has 33 heavy (non-hydrogen) atoms. The summed E-state index contributed by atoms with van der Waals surface area (Å²) >= 11 is 11.9. The van der Waals surface area contributed by atoms with Crippen LogP contribution in [0.25, 0.3) is 10.9 Å². The van der Waals surface area contributed by atoms with Gasteiger partial charge >= 0.3 is 0 Å². The minimum absolute atomic E-state index is 0.0548. The number of halogens is 1. The van der Waals surface area contributed by atoms with Crippen LogP contribution in [-0.2, 0) is 13.0 Å². The van der Waals surface area contributed by atoms with Gasteiger partial charge in [0.2, 0.25) is 6.79 Å². The molecule has 2 aliphatic rings. The summed E-state index contributed by atoms with van der Waals surface area (Å²) in [5.74, 6) is 1.55. The van der Waals surface area contributed by atoms with E-state index in [1.807, 2.05) is 30.3 Å². The number of hydrogen-bond acceptors (Lipinski definition) is 3. The molecule has 0 saturated carbocycles. The van der Waals surface area contributed by atoms with Gasteiger partial charge in [-0.1, -0.05) is 48.0 Å². The molecule has 0 amide bonds. The van der Waals surface area contributed by atoms with Gasteiger partial charge in [0.05, 0.1) is 6.04 Å². The van der Waals surface area contributed by atoms with Crippen molar-refractivity contribution in [1.82, 2.24) is 15.2 Å². The van der Waals surface area contributed by atoms with Crippen LogP contribution >= 0.6 is 23.8 Å². The van der Waals surface area contributed by atoms with Gasteiger partial charge in [-0.25, -0.2) is 0 Å². The van der Waals surface area contributed by atoms with Crippen molar-refractivity contribution in [3.63, 3.8) is 0 Å². The Morgan fingerprint density at radius 1 is 1.06 bits per heavy atom. The SMILES string of the molecule is S=C(NCc1ccc(Cl)cc1)N1CCc2c([nH]c3ccccc23)[C@H]1c1ccc2c(c1)OCO2. The molecule has 6 rings (SSSR count). The van der Waals surface area contributed by atoms with Gasteiger partial charge in [0, 0.05) is 34.7 Å². The van der Waals surface area contributed by atoms with Crippen molar-refractivity contribution >= 4 is 39.8 Å². The van der Waals surface area contributed by atoms with Gasteiger partial charge in [0.1, 0.15) is 0 Å². The van der Waals surface area contributed by atoms with Crippen molar-refractivity contribution in [2.75, 3.05) is 13.3 Å². The maximum Gasteiger partial charge on any atom is 0.231 e. The Hall–Kier alpha value is -3.22. The van der Waals surface area contributed by atoms with Crippen LogP contribution in [0.4, 0.5) is 0 Å². The standard InChI is InChI=1S/C26H22ClN3O2S/c27-18-8-5-16(6-9-18)14-28-26(33)30-12-11-20-19-3-1-2-4-21(19)29-24(20)25(30)17-7-10-22-23(13-17)32-15-31-22/h1-10,13,25,29H,11-12,14-15H2,(H,28,33)/t25-/m1/s1. The highest BCUT2D eigenvalue weighted by Crippen LogP contribution is 2.42. The van der Waals surface area contributed by atoms with Crippen molar-refractivity contribution in [1.29, 1.82) is 0 Å². The monoisotopic (exact) mass is 475 g/mol. The maximum absolute atomic E-state index is 6.03. The number of nitrogens with zero attached hydrogens (tertiary/aromatic N) is 1. The molecule has 2 aliphatic heterocycles. The number of hydrogen-bond donors (Lipinski definition) is 2. The Morgan fingerprint density at radius 3 is 2.76 bits per heavy atom. The van der Waals surface area contributed by atoms with Crippen LogP contribution in [0.2, 0.25) is 5.02 Å². The molecule has 0 fully saturated rings. The summed E-state index contributed by atoms with van der Waals surface area (Å²) in [6.07, 6.45) is 0.920. The van der Waals surface area contributed by atoms with Crippen LogP contribution in [0.15, 0.2) is 66.7 Å². The van der Waals surface area contributed by atoms with Gasteiger partial charge in [-0.3, -0.25) is 0 Å². The largest absolute Gasteiger partial charge is 0.454 e. The predicted octanol–water partition coefficient (Wildman–Crippen LogP) is 5.57. The molecule has 0 radical (unpaired) electrons. The Bertz CT molecular complexity index is 1350. The minimum Gasteiger partial charge on any atom is -0.454 e. The zero-order valence-corrected chi connectivity index (χ0v) is 19.4. The first-order chi connectivity index (χ1) is 16.2. The lowest BCUT2D eigenvalue weighted by atomic mass is 9.92. The van der Waals surface area contributed by atoms with Gasteiger partial charge in [-0.2, -0.15) is 0 Å². The molecule has 7 heteroatoms. The second-order valence-corrected chi connectivity index (χ2v) is 9.13. The molecule has 0 unspecified atom stereocenters. The summed E-state index contributed by atoms with van der Waals surface area (Å²) in [4.78, 5) is 5.95. The molecule has 2 N–H and O–H groups in total. The maximum atomic E-state index is 6.03. The van der Waals surface area contributed by atoms with Crippen molar-refractivity contribution in [3.8, 4) is 11.5 Å². The molecular weight excluding hydrogens is 454 g/mol. The molecule has 3 aromatic carbocycles. The van der Waals surface area contributed by atoms with Crippen molar-refractivity contribution in [2.24, 2.45) is 0 Å². The van der Waals surface area contributed by atoms with Crippen LogP contribution in [-0.4, -0.2) is 28.3 Å². The number of para-hydroxylation sites is 1. The quantitative estimate of drug-likeness (QED) is 0.379. The van der Waals surface area contributed by atoms with Crippen molar-refractivity contribution in [2.45, 2.75) is 19.0 Å². The van der Waals surface area contributed by atoms with E-state index in [0.29, 0.717) is 6.54 Å². The molecule has 3 heterocycles. The van der Waals surface area contributed by atoms with E-state index >= 15 is 0 Å². The number of nitrogens with one attached hydrogen (secondary N) is 2. The van der Waals surface area contributed by atoms with Crippen LogP contribution in [0.3, 0.4) is 0 Å². The first kappa shape index (κ1) is 20.4. The Labute approximate surface area is 202 Å². The summed E-state index contributed by atoms with van der Waals surface area (Å²) < 4.78 is 11.2. The molecule has 0 aliphatic carbocycles. The van der Waals surface area contributed by atoms with Gasteiger partial charge < -0.3 is 24.7 Å². The van der Waals surface area contributed by atoms with Crippen molar-refractivity contribution < 1.29 is 9.47 Å². The van der Waals surface area contributed by atoms with Crippen molar-refractivity contribution in [3.05, 3.63) is 94.1 Å². The fraction of sp³-hybridized carbons (Fsp3) is 0.192. The topological polar surface area (TPSA) is 49.5 Å². The van der Waals surface area contributed by atoms with E-state index in [9.17, 15) is 0 Å². The first-order valence-corrected chi connectivity index (χ1v) is 11.7. The third-order valence-corrected chi connectivity index (χ3v) is 7.00. The zero-order chi connectivity index (χ0) is 22.4. The number of ether oxygens (including phenoxy) is 2. The van der Waals surface area contributed by atoms with E-state index in [0.717, 1.165) is 51.2 Å². The fourth-order valence-electron chi connectivity index (χ4n) is 4.77. The number of rotatable bonds is 3. The third-order valence-electron chi connectivity index (χ3n) is 6.36. The average molecular weight is 476 g/mol. The zero-order valence-electron chi connectivity index (χ0n) is 17.8. The molecule has 0 spiro atoms. The van der Waals surface area contributed by atoms with Crippen LogP contribution < -0.4 is 14.8 Å². The first-order valence-electron chi connectivity index (χ1n) is 11.0. The Kier molecular flexibility index (Phi) is 5.12. The summed E-state index contributed by atoms with van der Waals surface area (Å²) in [5, 5.41) is 6.17. The predicted molar refractivity (Wildman–Crippen MR) is 134 cm³/mol. The smallest absolute Gasteiger partial charge is 0.231 e. The number of benzene rings is 3. The van der Waals surface area contributed by atoms with E-state index in [2.05, 4.69) is 51.6 Å². The number of aromatic nitrogens is 1. The summed E-state index contributed by atoms with van der Waals surface area (Å²) in [7, 11) is 0. The van der Waals surface area contributed by atoms with Crippen LogP contribution in [0, 0.1) is 0 Å². The molecule has 0 saturated heterocycles. The molecule has 166 valence electrons. The number of thiocarbonyl (C=S) groups is 1. The molecule has 1 aromatic heterocycles. The second-order valence-electron chi connectivity index (χ2n) is 8.31. The molecule has 5 nitrogen and oxygen atoms in total. The van der Waals surface area contributed by atoms with Gasteiger partial charge in [-0.05, 0) is 65.7 Å². The highest BCUT2D eigenvalue weighted by Gasteiger charge is 2.34. The average Bonchev–Trinajstić information content (AvgIpc) is 3.46. The number of fused-ring (bicyclic) bond motifs is 4. The minimum atomic E-state index is -0.0548. The normalized spacial score (nSPS) is 16.6. The van der Waals surface area contributed by atoms with Crippen LogP contribution in [0.5, 0.6) is 11.5 Å². The van der Waals surface area contributed by atoms with E-state index in [-0.39, 0.29) is 12.8 Å². The van der Waals surface area contributed by atoms with Gasteiger partial charge in [0.25, 0.3) is 0 Å². The Balaban J connectivity index is 1.37. The van der Waals surface area contributed by atoms with E-state index in [1.165, 1.54) is 16.6 Å². The summed E-state index contributed by atoms with van der Waals surface area (Å²) in [5.41, 5.74) is 5.92. The van der Waals surface area contributed by atoms with E-state index in [4.69, 9.17) is 33.3 Å². The lowest BCUT2D eigenvalue weighted by molar-refractivity contribution is 0.174. The molecule has 1 atom stereocenters. The number of H-pyrrole nitrogens is 1. The summed E-state index contributed by atoms with van der Waals surface area (Å²) in [6, 6.07) is 22.4. The molecule has 0 bridgehead atoms. The molecular formula is C26H22ClN3O2S. The van der Waals surface area contributed by atoms with Gasteiger partial charge in [-0.15, -0.1) is 0 Å². The lowest BCUT2D eigenvalue weighted by Gasteiger charge is -2.38. The molecule has 4 aromatic rings. The van der Waals surface area contributed by atoms with E-state index in [1.54, 1.807) is 0 Å². The van der Waals surface area contributed by atoms with E-state index < -0.39 is 0 Å². The fourth-order valence-corrected chi connectivity index (χ4v) is 5.17. The second kappa shape index (κ2) is 8.28. The van der Waals surface area contributed by atoms with Gasteiger partial charge in [0.15, 0.2) is 16.6 Å². The Morgan fingerprint density at radius 2 is 1.88 bits per heavy atom. The van der Waals surface area contributed by atoms with Crippen LogP contribution in [0.1, 0.15) is 28.4 Å². The number of aromatic amines is 1. The highest BCUT2D eigenvalue weighted by molar-refractivity contribution is 7.80.